The summed E-state index contributed by atoms with van der Waals surface area (Å²) in [4.78, 5) is 25.8. The second kappa shape index (κ2) is 9.53. The van der Waals surface area contributed by atoms with Gasteiger partial charge in [0.05, 0.1) is 26.0 Å². The summed E-state index contributed by atoms with van der Waals surface area (Å²) in [7, 11) is 2.82. The van der Waals surface area contributed by atoms with Crippen molar-refractivity contribution in [2.75, 3.05) is 14.2 Å². The Labute approximate surface area is 230 Å². The van der Waals surface area contributed by atoms with Crippen LogP contribution in [0.5, 0.6) is 28.7 Å². The van der Waals surface area contributed by atoms with Gasteiger partial charge in [0.25, 0.3) is 0 Å². The molecule has 0 amide bonds. The Morgan fingerprint density at radius 2 is 1.46 bits per heavy atom. The Morgan fingerprint density at radius 1 is 0.756 bits per heavy atom. The standard InChI is InChI=1S/C31H22O10/c1-38-18-7-5-14-9-16(4-3-15(14)10-18)29-19(12-24(35)39-2)25-23(40-29)13-22(34)26-27(36)28(37)30(41-31(25)26)17-6-8-20(32)21(33)11-17/h3-11,13,32-34,37H,12H2,1-2H3. The summed E-state index contributed by atoms with van der Waals surface area (Å²) < 4.78 is 22.4. The Kier molecular flexibility index (Phi) is 5.95. The van der Waals surface area contributed by atoms with Crippen molar-refractivity contribution >= 4 is 38.7 Å². The molecule has 0 saturated heterocycles. The van der Waals surface area contributed by atoms with Gasteiger partial charge in [-0.15, -0.1) is 0 Å². The fourth-order valence-electron chi connectivity index (χ4n) is 4.94. The fourth-order valence-corrected chi connectivity index (χ4v) is 4.94. The molecule has 206 valence electrons. The molecule has 6 aromatic rings. The molecule has 0 aliphatic rings. The number of phenols is 3. The van der Waals surface area contributed by atoms with Crippen LogP contribution < -0.4 is 10.2 Å². The van der Waals surface area contributed by atoms with Gasteiger partial charge in [0, 0.05) is 22.8 Å². The Morgan fingerprint density at radius 3 is 2.20 bits per heavy atom. The van der Waals surface area contributed by atoms with E-state index in [1.165, 1.54) is 25.3 Å². The SMILES string of the molecule is COC(=O)Cc1c(-c2ccc3cc(OC)ccc3c2)oc2cc(O)c3c(=O)c(O)c(-c4ccc(O)c(O)c4)oc3c12. The van der Waals surface area contributed by atoms with Crippen molar-refractivity contribution in [2.45, 2.75) is 6.42 Å². The lowest BCUT2D eigenvalue weighted by Crippen LogP contribution is -2.06. The number of benzene rings is 4. The van der Waals surface area contributed by atoms with Gasteiger partial charge >= 0.3 is 5.97 Å². The molecule has 0 aliphatic heterocycles. The normalized spacial score (nSPS) is 11.4. The van der Waals surface area contributed by atoms with Crippen LogP contribution >= 0.6 is 0 Å². The van der Waals surface area contributed by atoms with Crippen LogP contribution in [0.15, 0.2) is 74.3 Å². The molecule has 0 saturated carbocycles. The maximum atomic E-state index is 13.3. The van der Waals surface area contributed by atoms with Gasteiger partial charge in [0.1, 0.15) is 28.2 Å². The number of phenolic OH excluding ortho intramolecular Hbond substituents is 3. The lowest BCUT2D eigenvalue weighted by Gasteiger charge is -2.09. The van der Waals surface area contributed by atoms with Crippen LogP contribution in [-0.4, -0.2) is 40.6 Å². The van der Waals surface area contributed by atoms with Crippen molar-refractivity contribution in [1.29, 1.82) is 0 Å². The predicted octanol–water partition coefficient (Wildman–Crippen LogP) is 5.57. The minimum absolute atomic E-state index is 0.0801. The quantitative estimate of drug-likeness (QED) is 0.157. The molecule has 2 heterocycles. The maximum absolute atomic E-state index is 13.3. The summed E-state index contributed by atoms with van der Waals surface area (Å²) in [5.74, 6) is -2.18. The molecule has 4 aromatic carbocycles. The van der Waals surface area contributed by atoms with E-state index in [9.17, 15) is 30.0 Å². The zero-order chi connectivity index (χ0) is 29.0. The van der Waals surface area contributed by atoms with E-state index in [2.05, 4.69) is 0 Å². The fraction of sp³-hybridized carbons (Fsp3) is 0.0968. The van der Waals surface area contributed by atoms with Crippen molar-refractivity contribution in [3.8, 4) is 51.4 Å². The summed E-state index contributed by atoms with van der Waals surface area (Å²) in [5.41, 5.74) is 0.0428. The molecule has 2 aromatic heterocycles. The van der Waals surface area contributed by atoms with Crippen molar-refractivity contribution in [3.63, 3.8) is 0 Å². The summed E-state index contributed by atoms with van der Waals surface area (Å²) >= 11 is 0. The Balaban J connectivity index is 1.68. The predicted molar refractivity (Wildman–Crippen MR) is 150 cm³/mol. The zero-order valence-corrected chi connectivity index (χ0v) is 21.7. The third-order valence-electron chi connectivity index (χ3n) is 6.97. The number of hydrogen-bond acceptors (Lipinski definition) is 10. The molecule has 41 heavy (non-hydrogen) atoms. The highest BCUT2D eigenvalue weighted by molar-refractivity contribution is 6.10. The van der Waals surface area contributed by atoms with Gasteiger partial charge < -0.3 is 38.7 Å². The number of carbonyl (C=O) groups is 1. The summed E-state index contributed by atoms with van der Waals surface area (Å²) in [6, 6.07) is 15.9. The number of esters is 1. The lowest BCUT2D eigenvalue weighted by atomic mass is 9.98. The van der Waals surface area contributed by atoms with Gasteiger partial charge in [-0.3, -0.25) is 9.59 Å². The Bertz CT molecular complexity index is 2080. The van der Waals surface area contributed by atoms with Crippen LogP contribution in [0.2, 0.25) is 0 Å². The molecule has 0 fully saturated rings. The smallest absolute Gasteiger partial charge is 0.310 e. The minimum Gasteiger partial charge on any atom is -0.507 e. The molecule has 0 aliphatic carbocycles. The average molecular weight is 555 g/mol. The number of methoxy groups -OCH3 is 2. The van der Waals surface area contributed by atoms with Gasteiger partial charge in [-0.2, -0.15) is 0 Å². The van der Waals surface area contributed by atoms with Gasteiger partial charge in [-0.1, -0.05) is 18.2 Å². The number of hydrogen-bond donors (Lipinski definition) is 4. The molecule has 4 N–H and O–H groups in total. The third-order valence-corrected chi connectivity index (χ3v) is 6.97. The van der Waals surface area contributed by atoms with Crippen LogP contribution in [-0.2, 0) is 16.0 Å². The minimum atomic E-state index is -0.945. The molecule has 0 radical (unpaired) electrons. The molecule has 10 nitrogen and oxygen atoms in total. The lowest BCUT2D eigenvalue weighted by molar-refractivity contribution is -0.139. The van der Waals surface area contributed by atoms with Gasteiger partial charge in [-0.05, 0) is 47.2 Å². The third kappa shape index (κ3) is 4.13. The number of aromatic hydroxyl groups is 4. The molecule has 6 rings (SSSR count). The van der Waals surface area contributed by atoms with Crippen LogP contribution in [0.3, 0.4) is 0 Å². The highest BCUT2D eigenvalue weighted by Crippen LogP contribution is 2.44. The summed E-state index contributed by atoms with van der Waals surface area (Å²) in [6.07, 6.45) is -0.265. The van der Waals surface area contributed by atoms with Crippen molar-refractivity contribution in [2.24, 2.45) is 0 Å². The molecule has 0 spiro atoms. The summed E-state index contributed by atoms with van der Waals surface area (Å²) in [6.45, 7) is 0. The molecular formula is C31H22O10. The van der Waals surface area contributed by atoms with Crippen LogP contribution in [0.4, 0.5) is 0 Å². The Hall–Kier alpha value is -5.64. The monoisotopic (exact) mass is 554 g/mol. The van der Waals surface area contributed by atoms with E-state index in [1.807, 2.05) is 30.3 Å². The topological polar surface area (TPSA) is 160 Å². The van der Waals surface area contributed by atoms with E-state index in [0.717, 1.165) is 16.8 Å². The van der Waals surface area contributed by atoms with Gasteiger partial charge in [0.15, 0.2) is 22.8 Å². The van der Waals surface area contributed by atoms with Crippen LogP contribution in [0, 0.1) is 0 Å². The number of furan rings is 1. The maximum Gasteiger partial charge on any atom is 0.310 e. The first-order chi connectivity index (χ1) is 19.7. The summed E-state index contributed by atoms with van der Waals surface area (Å²) in [5, 5.41) is 42.9. The zero-order valence-electron chi connectivity index (χ0n) is 21.7. The van der Waals surface area contributed by atoms with E-state index < -0.39 is 34.4 Å². The molecule has 0 atom stereocenters. The number of fused-ring (bicyclic) bond motifs is 4. The number of carbonyl (C=O) groups excluding carboxylic acids is 1. The molecular weight excluding hydrogens is 532 g/mol. The van der Waals surface area contributed by atoms with E-state index >= 15 is 0 Å². The molecule has 0 bridgehead atoms. The van der Waals surface area contributed by atoms with E-state index in [-0.39, 0.29) is 45.4 Å². The first-order valence-electron chi connectivity index (χ1n) is 12.3. The van der Waals surface area contributed by atoms with E-state index in [0.29, 0.717) is 16.9 Å². The second-order valence-corrected chi connectivity index (χ2v) is 9.38. The van der Waals surface area contributed by atoms with Crippen molar-refractivity contribution in [1.82, 2.24) is 0 Å². The van der Waals surface area contributed by atoms with Crippen molar-refractivity contribution in [3.05, 3.63) is 76.5 Å². The van der Waals surface area contributed by atoms with E-state index in [4.69, 9.17) is 18.3 Å². The molecule has 0 unspecified atom stereocenters. The second-order valence-electron chi connectivity index (χ2n) is 9.38. The molecule has 10 heteroatoms. The number of ether oxygens (including phenoxy) is 2. The first-order valence-corrected chi connectivity index (χ1v) is 12.3. The average Bonchev–Trinajstić information content (AvgIpc) is 3.32. The van der Waals surface area contributed by atoms with Crippen LogP contribution in [0.1, 0.15) is 5.56 Å². The van der Waals surface area contributed by atoms with Crippen LogP contribution in [0.25, 0.3) is 55.4 Å². The van der Waals surface area contributed by atoms with Gasteiger partial charge in [-0.25, -0.2) is 0 Å². The van der Waals surface area contributed by atoms with Gasteiger partial charge in [0.2, 0.25) is 11.2 Å². The van der Waals surface area contributed by atoms with Crippen molar-refractivity contribution < 1.29 is 43.5 Å². The number of rotatable bonds is 5. The first kappa shape index (κ1) is 25.6. The largest absolute Gasteiger partial charge is 0.507 e. The highest BCUT2D eigenvalue weighted by atomic mass is 16.5. The van der Waals surface area contributed by atoms with E-state index in [1.54, 1.807) is 13.2 Å². The highest BCUT2D eigenvalue weighted by Gasteiger charge is 2.27.